The molecule has 2 amide bonds. The number of amides is 2. The Kier molecular flexibility index (Phi) is 2.59. The molecular formula is C9H9N5O2. The molecule has 2 rings (SSSR count). The zero-order valence-corrected chi connectivity index (χ0v) is 8.52. The third kappa shape index (κ3) is 2.19. The van der Waals surface area contributed by atoms with E-state index < -0.39 is 11.8 Å². The number of hydrogen-bond donors (Lipinski definition) is 2. The summed E-state index contributed by atoms with van der Waals surface area (Å²) in [5.41, 5.74) is 0.718. The van der Waals surface area contributed by atoms with Gasteiger partial charge in [0, 0.05) is 6.20 Å². The summed E-state index contributed by atoms with van der Waals surface area (Å²) in [6.45, 7) is 2.05. The van der Waals surface area contributed by atoms with Gasteiger partial charge in [-0.25, -0.2) is 15.0 Å². The van der Waals surface area contributed by atoms with Gasteiger partial charge in [-0.05, 0) is 13.0 Å². The summed E-state index contributed by atoms with van der Waals surface area (Å²) in [5.74, 6) is -0.585. The lowest BCUT2D eigenvalue weighted by atomic mass is 10.4. The molecule has 0 bridgehead atoms. The van der Waals surface area contributed by atoms with Gasteiger partial charge in [0.15, 0.2) is 0 Å². The molecule has 0 aromatic carbocycles. The smallest absolute Gasteiger partial charge is 0.288 e. The van der Waals surface area contributed by atoms with Crippen LogP contribution in [0, 0.1) is 6.92 Å². The molecule has 2 heterocycles. The Bertz CT molecular complexity index is 465. The van der Waals surface area contributed by atoms with Gasteiger partial charge in [0.2, 0.25) is 5.96 Å². The topological polar surface area (TPSA) is 96.3 Å². The molecule has 16 heavy (non-hydrogen) atoms. The zero-order chi connectivity index (χ0) is 11.5. The molecule has 2 N–H and O–H groups in total. The molecule has 1 fully saturated rings. The van der Waals surface area contributed by atoms with Gasteiger partial charge in [-0.1, -0.05) is 0 Å². The van der Waals surface area contributed by atoms with E-state index in [1.807, 2.05) is 0 Å². The van der Waals surface area contributed by atoms with Crippen LogP contribution >= 0.6 is 0 Å². The third-order valence-electron chi connectivity index (χ3n) is 1.90. The number of carbonyl (C=O) groups excluding carboxylic acids is 2. The first kappa shape index (κ1) is 10.2. The van der Waals surface area contributed by atoms with Crippen LogP contribution in [0.1, 0.15) is 11.5 Å². The summed E-state index contributed by atoms with van der Waals surface area (Å²) < 4.78 is 0. The third-order valence-corrected chi connectivity index (χ3v) is 1.90. The van der Waals surface area contributed by atoms with Crippen LogP contribution in [0.3, 0.4) is 0 Å². The van der Waals surface area contributed by atoms with Gasteiger partial charge in [-0.2, -0.15) is 0 Å². The number of guanidine groups is 1. The molecule has 7 heteroatoms. The van der Waals surface area contributed by atoms with Crippen molar-refractivity contribution in [3.05, 3.63) is 23.8 Å². The van der Waals surface area contributed by atoms with Gasteiger partial charge in [0.1, 0.15) is 5.82 Å². The Morgan fingerprint density at radius 3 is 2.62 bits per heavy atom. The molecule has 82 valence electrons. The van der Waals surface area contributed by atoms with E-state index in [9.17, 15) is 9.59 Å². The quantitative estimate of drug-likeness (QED) is 0.616. The summed E-state index contributed by atoms with van der Waals surface area (Å²) in [6.07, 6.45) is 1.63. The average Bonchev–Trinajstić information content (AvgIpc) is 2.56. The van der Waals surface area contributed by atoms with Crippen molar-refractivity contribution in [2.45, 2.75) is 13.5 Å². The molecule has 1 aromatic heterocycles. The summed E-state index contributed by atoms with van der Waals surface area (Å²) in [6, 6.07) is 1.72. The second-order valence-corrected chi connectivity index (χ2v) is 3.17. The van der Waals surface area contributed by atoms with E-state index in [1.165, 1.54) is 0 Å². The monoisotopic (exact) mass is 219 g/mol. The number of nitrogens with zero attached hydrogens (tertiary/aromatic N) is 3. The first-order chi connectivity index (χ1) is 7.65. The number of aromatic nitrogens is 2. The summed E-state index contributed by atoms with van der Waals surface area (Å²) in [5, 5.41) is 4.59. The van der Waals surface area contributed by atoms with Crippen molar-refractivity contribution in [2.75, 3.05) is 0 Å². The van der Waals surface area contributed by atoms with Gasteiger partial charge < -0.3 is 0 Å². The van der Waals surface area contributed by atoms with Crippen molar-refractivity contribution in [2.24, 2.45) is 4.99 Å². The van der Waals surface area contributed by atoms with Gasteiger partial charge >= 0.3 is 11.8 Å². The second-order valence-electron chi connectivity index (χ2n) is 3.17. The van der Waals surface area contributed by atoms with Gasteiger partial charge in [0.05, 0.1) is 12.2 Å². The molecule has 0 atom stereocenters. The van der Waals surface area contributed by atoms with Crippen LogP contribution < -0.4 is 10.6 Å². The maximum absolute atomic E-state index is 10.8. The van der Waals surface area contributed by atoms with Crippen LogP contribution in [0.5, 0.6) is 0 Å². The highest BCUT2D eigenvalue weighted by Gasteiger charge is 2.24. The van der Waals surface area contributed by atoms with Crippen molar-refractivity contribution < 1.29 is 9.59 Å². The minimum Gasteiger partial charge on any atom is -0.288 e. The molecule has 0 saturated carbocycles. The van der Waals surface area contributed by atoms with Crippen LogP contribution in [0.25, 0.3) is 0 Å². The molecule has 1 aliphatic heterocycles. The first-order valence-corrected chi connectivity index (χ1v) is 4.60. The Balaban J connectivity index is 2.05. The molecule has 0 radical (unpaired) electrons. The number of carbonyl (C=O) groups is 2. The first-order valence-electron chi connectivity index (χ1n) is 4.60. The van der Waals surface area contributed by atoms with E-state index in [-0.39, 0.29) is 12.5 Å². The minimum atomic E-state index is -0.697. The standard InChI is InChI=1S/C9H9N5O2/c1-5-10-3-2-6(12-5)4-11-9-13-7(15)8(16)14-9/h2-3H,4H2,1H3,(H2,11,13,14,15,16). The Labute approximate surface area is 91.0 Å². The van der Waals surface area contributed by atoms with Crippen LogP contribution in [0.2, 0.25) is 0 Å². The Morgan fingerprint density at radius 2 is 2.00 bits per heavy atom. The number of aliphatic imine (C=N–C) groups is 1. The zero-order valence-electron chi connectivity index (χ0n) is 8.52. The fourth-order valence-corrected chi connectivity index (χ4v) is 1.19. The summed E-state index contributed by atoms with van der Waals surface area (Å²) >= 11 is 0. The van der Waals surface area contributed by atoms with E-state index >= 15 is 0 Å². The number of rotatable bonds is 2. The Hall–Kier alpha value is -2.31. The average molecular weight is 219 g/mol. The maximum atomic E-state index is 10.8. The SMILES string of the molecule is Cc1nccc(CN=C2NC(=O)C(=O)N2)n1. The lowest BCUT2D eigenvalue weighted by Gasteiger charge is -1.98. The highest BCUT2D eigenvalue weighted by Crippen LogP contribution is 1.97. The normalized spacial score (nSPS) is 14.7. The number of hydrogen-bond acceptors (Lipinski definition) is 5. The second kappa shape index (κ2) is 4.05. The predicted octanol–water partition coefficient (Wildman–Crippen LogP) is -1.11. The summed E-state index contributed by atoms with van der Waals surface area (Å²) in [7, 11) is 0. The minimum absolute atomic E-state index is 0.159. The molecule has 0 aliphatic carbocycles. The highest BCUT2D eigenvalue weighted by molar-refractivity contribution is 6.45. The lowest BCUT2D eigenvalue weighted by molar-refractivity contribution is -0.135. The van der Waals surface area contributed by atoms with E-state index in [1.54, 1.807) is 19.2 Å². The molecule has 1 aromatic rings. The van der Waals surface area contributed by atoms with Crippen molar-refractivity contribution in [3.8, 4) is 0 Å². The van der Waals surface area contributed by atoms with Crippen LogP contribution in [-0.2, 0) is 16.1 Å². The maximum Gasteiger partial charge on any atom is 0.316 e. The predicted molar refractivity (Wildman–Crippen MR) is 54.2 cm³/mol. The molecular weight excluding hydrogens is 210 g/mol. The molecule has 0 unspecified atom stereocenters. The molecule has 0 spiro atoms. The molecule has 7 nitrogen and oxygen atoms in total. The van der Waals surface area contributed by atoms with E-state index in [4.69, 9.17) is 0 Å². The van der Waals surface area contributed by atoms with Crippen LogP contribution in [0.15, 0.2) is 17.3 Å². The molecule has 1 saturated heterocycles. The lowest BCUT2D eigenvalue weighted by Crippen LogP contribution is -2.25. The van der Waals surface area contributed by atoms with Crippen molar-refractivity contribution in [1.29, 1.82) is 0 Å². The highest BCUT2D eigenvalue weighted by atomic mass is 16.2. The van der Waals surface area contributed by atoms with Crippen LogP contribution in [0.4, 0.5) is 0 Å². The van der Waals surface area contributed by atoms with E-state index in [2.05, 4.69) is 25.6 Å². The van der Waals surface area contributed by atoms with Crippen molar-refractivity contribution in [1.82, 2.24) is 20.6 Å². The number of nitrogens with one attached hydrogen (secondary N) is 2. The number of aryl methyl sites for hydroxylation is 1. The van der Waals surface area contributed by atoms with E-state index in [0.29, 0.717) is 5.82 Å². The fourth-order valence-electron chi connectivity index (χ4n) is 1.19. The van der Waals surface area contributed by atoms with Gasteiger partial charge in [-0.3, -0.25) is 20.2 Å². The molecule has 1 aliphatic rings. The van der Waals surface area contributed by atoms with Crippen LogP contribution in [-0.4, -0.2) is 27.7 Å². The fraction of sp³-hybridized carbons (Fsp3) is 0.222. The van der Waals surface area contributed by atoms with Crippen molar-refractivity contribution >= 4 is 17.8 Å². The van der Waals surface area contributed by atoms with Gasteiger partial charge in [-0.15, -0.1) is 0 Å². The largest absolute Gasteiger partial charge is 0.316 e. The van der Waals surface area contributed by atoms with Crippen molar-refractivity contribution in [3.63, 3.8) is 0 Å². The van der Waals surface area contributed by atoms with E-state index in [0.717, 1.165) is 5.69 Å². The Morgan fingerprint density at radius 1 is 1.31 bits per heavy atom. The summed E-state index contributed by atoms with van der Waals surface area (Å²) in [4.78, 5) is 33.7. The van der Waals surface area contributed by atoms with Gasteiger partial charge in [0.25, 0.3) is 0 Å².